The molecule has 0 aromatic heterocycles. The molecule has 1 aliphatic heterocycles. The molecule has 118 valence electrons. The summed E-state index contributed by atoms with van der Waals surface area (Å²) in [6.07, 6.45) is -0.105. The molecule has 0 saturated carbocycles. The van der Waals surface area contributed by atoms with Crippen molar-refractivity contribution >= 4 is 12.1 Å². The normalized spacial score (nSPS) is 20.2. The van der Waals surface area contributed by atoms with Gasteiger partial charge in [0.15, 0.2) is 0 Å². The first-order valence-electron chi connectivity index (χ1n) is 6.41. The van der Waals surface area contributed by atoms with E-state index in [9.17, 15) is 9.59 Å². The first-order chi connectivity index (χ1) is 8.53. The zero-order valence-electron chi connectivity index (χ0n) is 13.7. The van der Waals surface area contributed by atoms with Crippen LogP contribution in [0.2, 0.25) is 0 Å². The van der Waals surface area contributed by atoms with E-state index in [2.05, 4.69) is 0 Å². The Balaban J connectivity index is 0. The largest absolute Gasteiger partial charge is 1.00 e. The number of carbonyl (C=O) groups is 2. The molecule has 0 aromatic rings. The van der Waals surface area contributed by atoms with Gasteiger partial charge in [0.25, 0.3) is 0 Å². The Kier molecular flexibility index (Phi) is 9.10. The van der Waals surface area contributed by atoms with Crippen LogP contribution in [0.4, 0.5) is 4.79 Å². The predicted molar refractivity (Wildman–Crippen MR) is 70.7 cm³/mol. The average Bonchev–Trinajstić information content (AvgIpc) is 2.47. The van der Waals surface area contributed by atoms with Crippen LogP contribution in [0.3, 0.4) is 0 Å². The molecule has 1 rings (SSSR count). The van der Waals surface area contributed by atoms with Crippen LogP contribution in [0, 0.1) is 0 Å². The van der Waals surface area contributed by atoms with E-state index in [1.54, 1.807) is 34.6 Å². The molecule has 0 spiro atoms. The molecule has 0 bridgehead atoms. The fourth-order valence-electron chi connectivity index (χ4n) is 2.07. The van der Waals surface area contributed by atoms with Crippen molar-refractivity contribution in [3.05, 3.63) is 0 Å². The van der Waals surface area contributed by atoms with Crippen molar-refractivity contribution in [3.63, 3.8) is 0 Å². The number of ether oxygens (including phenoxy) is 2. The molecule has 0 aromatic carbocycles. The number of hydrogen-bond donors (Lipinski definition) is 1. The van der Waals surface area contributed by atoms with E-state index in [1.165, 1.54) is 4.90 Å². The molecule has 1 aliphatic rings. The maximum atomic E-state index is 12.2. The number of carboxylic acid groups (broad SMARTS) is 1. The van der Waals surface area contributed by atoms with Gasteiger partial charge in [-0.15, -0.1) is 0 Å². The van der Waals surface area contributed by atoms with Gasteiger partial charge in [0, 0.05) is 6.42 Å². The second-order valence-electron chi connectivity index (χ2n) is 6.19. The van der Waals surface area contributed by atoms with Crippen molar-refractivity contribution in [2.24, 2.45) is 0 Å². The molecule has 7 nitrogen and oxygen atoms in total. The van der Waals surface area contributed by atoms with Crippen molar-refractivity contribution in [1.82, 2.24) is 4.90 Å². The fourth-order valence-corrected chi connectivity index (χ4v) is 2.07. The summed E-state index contributed by atoms with van der Waals surface area (Å²) in [5.41, 5.74) is -1.36. The Labute approximate surface area is 147 Å². The van der Waals surface area contributed by atoms with Crippen molar-refractivity contribution in [3.8, 4) is 0 Å². The number of rotatable bonds is 3. The molecule has 1 heterocycles. The van der Waals surface area contributed by atoms with Gasteiger partial charge in [-0.05, 0) is 41.0 Å². The van der Waals surface area contributed by atoms with Gasteiger partial charge >= 0.3 is 41.6 Å². The molecule has 0 aliphatic carbocycles. The quantitative estimate of drug-likeness (QED) is 0.673. The van der Waals surface area contributed by atoms with E-state index in [4.69, 9.17) is 14.6 Å². The van der Waals surface area contributed by atoms with Crippen molar-refractivity contribution < 1.29 is 59.2 Å². The second kappa shape index (κ2) is 8.33. The summed E-state index contributed by atoms with van der Waals surface area (Å²) in [4.78, 5) is 24.4. The summed E-state index contributed by atoms with van der Waals surface area (Å²) in [5, 5.41) is 8.74. The fraction of sp³-hybridized carbons (Fsp3) is 0.846. The Bertz CT molecular complexity index is 366. The summed E-state index contributed by atoms with van der Waals surface area (Å²) in [5.74, 6) is -0.881. The summed E-state index contributed by atoms with van der Waals surface area (Å²) in [6.45, 7) is 9.26. The van der Waals surface area contributed by atoms with Gasteiger partial charge in [0.05, 0.1) is 12.6 Å². The maximum Gasteiger partial charge on any atom is 1.00 e. The molecule has 1 fully saturated rings. The molecule has 1 atom stereocenters. The molecule has 2 N–H and O–H groups in total. The molecular formula is C13H24NNaO6. The van der Waals surface area contributed by atoms with Crippen LogP contribution in [0.1, 0.15) is 47.5 Å². The summed E-state index contributed by atoms with van der Waals surface area (Å²) in [7, 11) is 0. The smallest absolute Gasteiger partial charge is 0.870 e. The first-order valence-corrected chi connectivity index (χ1v) is 6.41. The Morgan fingerprint density at radius 2 is 1.90 bits per heavy atom. The standard InChI is InChI=1S/C13H23NO5.Na.H2O/c1-12(2,3)19-11(17)14-9(6-7-10(15)16)8-18-13(14,4)5;;/h9H,6-8H2,1-5H3,(H,15,16);;1H2/q;+1;/p-1/t9-;;/m0../s1. The van der Waals surface area contributed by atoms with E-state index < -0.39 is 23.4 Å². The average molecular weight is 313 g/mol. The third kappa shape index (κ3) is 6.97. The van der Waals surface area contributed by atoms with E-state index in [0.717, 1.165) is 0 Å². The SMILES string of the molecule is CC(C)(C)OC(=O)N1[C@@H](CCC(=O)O)COC1(C)C.[Na+].[OH-]. The van der Waals surface area contributed by atoms with Gasteiger partial charge in [0.1, 0.15) is 11.3 Å². The van der Waals surface area contributed by atoms with Gasteiger partial charge in [-0.2, -0.15) is 0 Å². The van der Waals surface area contributed by atoms with Gasteiger partial charge in [-0.1, -0.05) is 0 Å². The van der Waals surface area contributed by atoms with E-state index in [0.29, 0.717) is 13.0 Å². The predicted octanol–water partition coefficient (Wildman–Crippen LogP) is -0.950. The zero-order valence-corrected chi connectivity index (χ0v) is 15.7. The molecule has 8 heteroatoms. The third-order valence-corrected chi connectivity index (χ3v) is 2.86. The number of carbonyl (C=O) groups excluding carboxylic acids is 1. The number of amides is 1. The van der Waals surface area contributed by atoms with Crippen LogP contribution in [-0.4, -0.2) is 51.5 Å². The third-order valence-electron chi connectivity index (χ3n) is 2.86. The minimum atomic E-state index is -0.881. The molecule has 0 radical (unpaired) electrons. The Morgan fingerprint density at radius 1 is 1.38 bits per heavy atom. The van der Waals surface area contributed by atoms with Gasteiger partial charge in [-0.3, -0.25) is 9.69 Å². The number of aliphatic carboxylic acids is 1. The monoisotopic (exact) mass is 313 g/mol. The van der Waals surface area contributed by atoms with Crippen molar-refractivity contribution in [1.29, 1.82) is 0 Å². The minimum absolute atomic E-state index is 0. The molecule has 0 unspecified atom stereocenters. The molecular weight excluding hydrogens is 289 g/mol. The van der Waals surface area contributed by atoms with Crippen LogP contribution in [0.15, 0.2) is 0 Å². The molecule has 21 heavy (non-hydrogen) atoms. The number of carboxylic acids is 1. The first kappa shape index (κ1) is 22.9. The van der Waals surface area contributed by atoms with Crippen molar-refractivity contribution in [2.75, 3.05) is 6.61 Å². The van der Waals surface area contributed by atoms with Crippen LogP contribution < -0.4 is 29.6 Å². The van der Waals surface area contributed by atoms with Gasteiger partial charge in [-0.25, -0.2) is 4.79 Å². The molecule has 1 amide bonds. The summed E-state index contributed by atoms with van der Waals surface area (Å²) >= 11 is 0. The van der Waals surface area contributed by atoms with Crippen LogP contribution in [0.25, 0.3) is 0 Å². The van der Waals surface area contributed by atoms with Gasteiger partial charge in [0.2, 0.25) is 0 Å². The Hall–Kier alpha value is -0.340. The van der Waals surface area contributed by atoms with Crippen molar-refractivity contribution in [2.45, 2.75) is 64.8 Å². The van der Waals surface area contributed by atoms with Crippen LogP contribution in [-0.2, 0) is 14.3 Å². The van der Waals surface area contributed by atoms with Crippen LogP contribution in [0.5, 0.6) is 0 Å². The topological polar surface area (TPSA) is 106 Å². The molecule has 1 saturated heterocycles. The van der Waals surface area contributed by atoms with E-state index in [-0.39, 0.29) is 47.5 Å². The number of nitrogens with zero attached hydrogens (tertiary/aromatic N) is 1. The maximum absolute atomic E-state index is 12.2. The summed E-state index contributed by atoms with van der Waals surface area (Å²) < 4.78 is 10.9. The minimum Gasteiger partial charge on any atom is -0.870 e. The van der Waals surface area contributed by atoms with E-state index >= 15 is 0 Å². The van der Waals surface area contributed by atoms with Crippen LogP contribution >= 0.6 is 0 Å². The van der Waals surface area contributed by atoms with Gasteiger partial charge < -0.3 is 20.1 Å². The van der Waals surface area contributed by atoms with E-state index in [1.807, 2.05) is 0 Å². The second-order valence-corrected chi connectivity index (χ2v) is 6.19. The zero-order chi connectivity index (χ0) is 14.8. The number of hydrogen-bond acceptors (Lipinski definition) is 5. The summed E-state index contributed by atoms with van der Waals surface area (Å²) in [6, 6.07) is -0.263. The Morgan fingerprint density at radius 3 is 2.33 bits per heavy atom.